The van der Waals surface area contributed by atoms with E-state index in [2.05, 4.69) is 5.32 Å². The first-order valence-corrected chi connectivity index (χ1v) is 10.7. The summed E-state index contributed by atoms with van der Waals surface area (Å²) in [6.07, 6.45) is 1.95. The summed E-state index contributed by atoms with van der Waals surface area (Å²) in [5.41, 5.74) is 3.11. The van der Waals surface area contributed by atoms with Crippen LogP contribution in [0.3, 0.4) is 0 Å². The van der Waals surface area contributed by atoms with Crippen molar-refractivity contribution in [1.82, 2.24) is 5.32 Å². The number of para-hydroxylation sites is 1. The molecule has 0 bridgehead atoms. The Morgan fingerprint density at radius 1 is 0.906 bits per heavy atom. The van der Waals surface area contributed by atoms with Crippen LogP contribution in [-0.2, 0) is 4.74 Å². The zero-order chi connectivity index (χ0) is 22.1. The Balaban J connectivity index is 1.43. The molecule has 3 aromatic rings. The fourth-order valence-corrected chi connectivity index (χ4v) is 4.25. The molecule has 2 heterocycles. The van der Waals surface area contributed by atoms with Crippen LogP contribution in [0.15, 0.2) is 72.8 Å². The molecule has 160 valence electrons. The van der Waals surface area contributed by atoms with Gasteiger partial charge in [-0.2, -0.15) is 0 Å². The minimum absolute atomic E-state index is 0.0292. The number of ether oxygens (including phenoxy) is 1. The van der Waals surface area contributed by atoms with Gasteiger partial charge in [-0.05, 0) is 42.7 Å². The van der Waals surface area contributed by atoms with Gasteiger partial charge in [0.2, 0.25) is 0 Å². The summed E-state index contributed by atoms with van der Waals surface area (Å²) in [7, 11) is 0. The average molecular weight is 426 g/mol. The summed E-state index contributed by atoms with van der Waals surface area (Å²) >= 11 is 0. The number of nitrogens with one attached hydrogen (secondary N) is 1. The Kier molecular flexibility index (Phi) is 5.29. The molecule has 0 unspecified atom stereocenters. The third-order valence-electron chi connectivity index (χ3n) is 5.89. The van der Waals surface area contributed by atoms with Crippen LogP contribution in [0, 0.1) is 0 Å². The first-order chi connectivity index (χ1) is 15.6. The molecule has 1 atom stereocenters. The molecule has 6 heteroatoms. The number of amides is 3. The molecule has 1 saturated heterocycles. The molecule has 1 N–H and O–H groups in total. The number of nitrogens with zero attached hydrogens (tertiary/aromatic N) is 1. The van der Waals surface area contributed by atoms with Gasteiger partial charge in [-0.1, -0.05) is 48.5 Å². The second kappa shape index (κ2) is 8.40. The largest absolute Gasteiger partial charge is 0.376 e. The fourth-order valence-electron chi connectivity index (χ4n) is 4.25. The highest BCUT2D eigenvalue weighted by molar-refractivity contribution is 6.35. The molecule has 1 fully saturated rings. The lowest BCUT2D eigenvalue weighted by atomic mass is 10.0. The lowest BCUT2D eigenvalue weighted by molar-refractivity contribution is 0.0857. The zero-order valence-electron chi connectivity index (χ0n) is 17.4. The van der Waals surface area contributed by atoms with Crippen LogP contribution in [-0.4, -0.2) is 37.0 Å². The molecule has 0 radical (unpaired) electrons. The van der Waals surface area contributed by atoms with Crippen molar-refractivity contribution in [1.29, 1.82) is 0 Å². The van der Waals surface area contributed by atoms with E-state index in [-0.39, 0.29) is 23.5 Å². The zero-order valence-corrected chi connectivity index (χ0v) is 17.4. The standard InChI is InChI=1S/C26H22N2O4/c29-24(27-16-19-9-6-14-32-19)18-12-13-21-22(15-18)26(31)28(25(21)30)23-11-5-4-10-20(23)17-7-2-1-3-8-17/h1-5,7-8,10-13,15,19H,6,9,14,16H2,(H,27,29)/t19-/m0/s1. The minimum atomic E-state index is -0.429. The Morgan fingerprint density at radius 2 is 1.66 bits per heavy atom. The molecule has 6 nitrogen and oxygen atoms in total. The van der Waals surface area contributed by atoms with Crippen molar-refractivity contribution >= 4 is 23.4 Å². The van der Waals surface area contributed by atoms with Crippen LogP contribution < -0.4 is 10.2 Å². The van der Waals surface area contributed by atoms with Crippen molar-refractivity contribution in [3.05, 3.63) is 89.5 Å². The van der Waals surface area contributed by atoms with E-state index in [0.717, 1.165) is 30.6 Å². The van der Waals surface area contributed by atoms with E-state index in [1.165, 1.54) is 11.0 Å². The number of fused-ring (bicyclic) bond motifs is 1. The van der Waals surface area contributed by atoms with Crippen LogP contribution in [0.25, 0.3) is 11.1 Å². The van der Waals surface area contributed by atoms with E-state index in [4.69, 9.17) is 4.74 Å². The van der Waals surface area contributed by atoms with Gasteiger partial charge in [0, 0.05) is 24.3 Å². The summed E-state index contributed by atoms with van der Waals surface area (Å²) < 4.78 is 5.53. The summed E-state index contributed by atoms with van der Waals surface area (Å²) in [6, 6.07) is 21.6. The summed E-state index contributed by atoms with van der Waals surface area (Å²) in [6.45, 7) is 1.15. The van der Waals surface area contributed by atoms with Gasteiger partial charge >= 0.3 is 0 Å². The number of hydrogen-bond acceptors (Lipinski definition) is 4. The molecule has 3 amide bonds. The smallest absolute Gasteiger partial charge is 0.266 e. The molecule has 2 aliphatic rings. The molecule has 0 spiro atoms. The number of benzene rings is 3. The van der Waals surface area contributed by atoms with Crippen molar-refractivity contribution in [3.63, 3.8) is 0 Å². The third kappa shape index (κ3) is 3.59. The Bertz CT molecular complexity index is 1200. The Morgan fingerprint density at radius 3 is 2.44 bits per heavy atom. The highest BCUT2D eigenvalue weighted by Crippen LogP contribution is 2.36. The van der Waals surface area contributed by atoms with Crippen molar-refractivity contribution in [3.8, 4) is 11.1 Å². The van der Waals surface area contributed by atoms with Gasteiger partial charge in [0.1, 0.15) is 0 Å². The molecular formula is C26H22N2O4. The Labute approximate surface area is 185 Å². The molecule has 0 aliphatic carbocycles. The molecule has 0 saturated carbocycles. The van der Waals surface area contributed by atoms with E-state index >= 15 is 0 Å². The highest BCUT2D eigenvalue weighted by atomic mass is 16.5. The van der Waals surface area contributed by atoms with Crippen molar-refractivity contribution < 1.29 is 19.1 Å². The summed E-state index contributed by atoms with van der Waals surface area (Å²) in [4.78, 5) is 40.2. The van der Waals surface area contributed by atoms with E-state index in [1.54, 1.807) is 24.3 Å². The van der Waals surface area contributed by atoms with Crippen LogP contribution in [0.2, 0.25) is 0 Å². The van der Waals surface area contributed by atoms with E-state index in [1.807, 2.05) is 42.5 Å². The van der Waals surface area contributed by atoms with Crippen LogP contribution in [0.5, 0.6) is 0 Å². The van der Waals surface area contributed by atoms with Gasteiger partial charge in [0.15, 0.2) is 0 Å². The van der Waals surface area contributed by atoms with Crippen LogP contribution >= 0.6 is 0 Å². The predicted octanol–water partition coefficient (Wildman–Crippen LogP) is 4.06. The monoisotopic (exact) mass is 426 g/mol. The van der Waals surface area contributed by atoms with E-state index in [0.29, 0.717) is 23.4 Å². The number of anilines is 1. The van der Waals surface area contributed by atoms with Gasteiger partial charge < -0.3 is 10.1 Å². The van der Waals surface area contributed by atoms with Gasteiger partial charge in [-0.3, -0.25) is 14.4 Å². The van der Waals surface area contributed by atoms with Gasteiger partial charge in [-0.15, -0.1) is 0 Å². The second-order valence-electron chi connectivity index (χ2n) is 7.93. The number of carbonyl (C=O) groups is 3. The maximum absolute atomic E-state index is 13.3. The molecule has 3 aromatic carbocycles. The van der Waals surface area contributed by atoms with E-state index in [9.17, 15) is 14.4 Å². The first kappa shape index (κ1) is 20.2. The summed E-state index contributed by atoms with van der Waals surface area (Å²) in [5.74, 6) is -1.10. The normalized spacial score (nSPS) is 17.5. The number of hydrogen-bond donors (Lipinski definition) is 1. The lowest BCUT2D eigenvalue weighted by Gasteiger charge is -2.18. The molecule has 0 aromatic heterocycles. The number of carbonyl (C=O) groups excluding carboxylic acids is 3. The van der Waals surface area contributed by atoms with Crippen molar-refractivity contribution in [2.24, 2.45) is 0 Å². The fraction of sp³-hybridized carbons (Fsp3) is 0.192. The maximum atomic E-state index is 13.3. The quantitative estimate of drug-likeness (QED) is 0.624. The van der Waals surface area contributed by atoms with Crippen LogP contribution in [0.1, 0.15) is 43.9 Å². The molecule has 5 rings (SSSR count). The topological polar surface area (TPSA) is 75.7 Å². The molecule has 2 aliphatic heterocycles. The second-order valence-corrected chi connectivity index (χ2v) is 7.93. The van der Waals surface area contributed by atoms with Crippen LogP contribution in [0.4, 0.5) is 5.69 Å². The molecule has 32 heavy (non-hydrogen) atoms. The molecular weight excluding hydrogens is 404 g/mol. The average Bonchev–Trinajstić information content (AvgIpc) is 3.44. The van der Waals surface area contributed by atoms with Gasteiger partial charge in [0.25, 0.3) is 17.7 Å². The Hall–Kier alpha value is -3.77. The van der Waals surface area contributed by atoms with Crippen molar-refractivity contribution in [2.45, 2.75) is 18.9 Å². The predicted molar refractivity (Wildman–Crippen MR) is 121 cm³/mol. The highest BCUT2D eigenvalue weighted by Gasteiger charge is 2.38. The third-order valence-corrected chi connectivity index (χ3v) is 5.89. The summed E-state index contributed by atoms with van der Waals surface area (Å²) in [5, 5.41) is 2.86. The first-order valence-electron chi connectivity index (χ1n) is 10.7. The maximum Gasteiger partial charge on any atom is 0.266 e. The van der Waals surface area contributed by atoms with Gasteiger partial charge in [0.05, 0.1) is 22.9 Å². The number of imide groups is 1. The van der Waals surface area contributed by atoms with Crippen molar-refractivity contribution in [2.75, 3.05) is 18.1 Å². The SMILES string of the molecule is O=C(NC[C@@H]1CCCO1)c1ccc2c(c1)C(=O)N(c1ccccc1-c1ccccc1)C2=O. The van der Waals surface area contributed by atoms with Gasteiger partial charge in [-0.25, -0.2) is 4.90 Å². The number of rotatable bonds is 5. The van der Waals surface area contributed by atoms with E-state index < -0.39 is 5.91 Å². The minimum Gasteiger partial charge on any atom is -0.376 e. The lowest BCUT2D eigenvalue weighted by Crippen LogP contribution is -2.31.